The van der Waals surface area contributed by atoms with Crippen LogP contribution in [-0.4, -0.2) is 26.5 Å². The lowest BCUT2D eigenvalue weighted by molar-refractivity contribution is -0.186. The van der Waals surface area contributed by atoms with Gasteiger partial charge in [-0.3, -0.25) is 4.21 Å². The number of hydrogen-bond donors (Lipinski definition) is 0. The summed E-state index contributed by atoms with van der Waals surface area (Å²) in [6.45, 7) is 0. The van der Waals surface area contributed by atoms with Crippen LogP contribution >= 0.6 is 11.8 Å². The maximum absolute atomic E-state index is 13.3. The summed E-state index contributed by atoms with van der Waals surface area (Å²) in [7, 11) is -1.31. The van der Waals surface area contributed by atoms with Crippen LogP contribution in [0, 0.1) is 11.8 Å². The molecule has 0 aromatic rings. The molecule has 0 amide bonds. The van der Waals surface area contributed by atoms with Crippen LogP contribution in [0.3, 0.4) is 0 Å². The lowest BCUT2D eigenvalue weighted by Crippen LogP contribution is -2.43. The smallest absolute Gasteiger partial charge is 0.258 e. The second-order valence-electron chi connectivity index (χ2n) is 5.14. The number of thioether (sulfide) groups is 1. The average Bonchev–Trinajstić information content (AvgIpc) is 2.32. The van der Waals surface area contributed by atoms with Crippen molar-refractivity contribution in [2.24, 2.45) is 11.8 Å². The van der Waals surface area contributed by atoms with Gasteiger partial charge in [-0.05, 0) is 30.9 Å². The first-order chi connectivity index (χ1) is 8.50. The zero-order valence-corrected chi connectivity index (χ0v) is 11.9. The van der Waals surface area contributed by atoms with Gasteiger partial charge in [-0.1, -0.05) is 19.3 Å². The molecule has 0 aromatic heterocycles. The van der Waals surface area contributed by atoms with Crippen LogP contribution in [0.15, 0.2) is 0 Å². The molecule has 3 unspecified atom stereocenters. The summed E-state index contributed by atoms with van der Waals surface area (Å²) in [4.78, 5) is 0. The number of rotatable bonds is 2. The highest BCUT2D eigenvalue weighted by Crippen LogP contribution is 2.46. The molecular formula is C12H19F3OS2. The monoisotopic (exact) mass is 300 g/mol. The molecule has 2 rings (SSSR count). The van der Waals surface area contributed by atoms with E-state index in [4.69, 9.17) is 0 Å². The van der Waals surface area contributed by atoms with E-state index in [1.807, 2.05) is 0 Å². The van der Waals surface area contributed by atoms with Crippen molar-refractivity contribution < 1.29 is 17.4 Å². The molecule has 0 aromatic carbocycles. The van der Waals surface area contributed by atoms with E-state index in [0.717, 1.165) is 31.4 Å². The van der Waals surface area contributed by atoms with E-state index in [1.54, 1.807) is 0 Å². The van der Waals surface area contributed by atoms with E-state index >= 15 is 0 Å². The van der Waals surface area contributed by atoms with Gasteiger partial charge in [0.25, 0.3) is 0 Å². The summed E-state index contributed by atoms with van der Waals surface area (Å²) < 4.78 is 51.1. The van der Waals surface area contributed by atoms with Crippen LogP contribution in [-0.2, 0) is 10.8 Å². The maximum Gasteiger partial charge on any atom is 0.394 e. The Morgan fingerprint density at radius 2 is 1.78 bits per heavy atom. The van der Waals surface area contributed by atoms with Gasteiger partial charge in [0.05, 0.1) is 10.5 Å². The second-order valence-corrected chi connectivity index (χ2v) is 8.37. The first kappa shape index (κ1) is 14.7. The van der Waals surface area contributed by atoms with Gasteiger partial charge in [0.15, 0.2) is 0 Å². The number of halogens is 3. The Labute approximate surface area is 113 Å². The van der Waals surface area contributed by atoms with Crippen molar-refractivity contribution in [3.8, 4) is 0 Å². The van der Waals surface area contributed by atoms with Gasteiger partial charge in [0.1, 0.15) is 0 Å². The van der Waals surface area contributed by atoms with Crippen LogP contribution in [0.1, 0.15) is 38.5 Å². The van der Waals surface area contributed by atoms with Gasteiger partial charge >= 0.3 is 6.18 Å². The minimum absolute atomic E-state index is 0.307. The molecular weight excluding hydrogens is 281 g/mol. The van der Waals surface area contributed by atoms with Gasteiger partial charge in [-0.15, -0.1) is 11.8 Å². The fraction of sp³-hybridized carbons (Fsp3) is 1.00. The standard InChI is InChI=1S/C12H19F3OS2/c13-12(14,15)10(9-5-2-1-3-6-9)11-17-7-4-8-18(11)16/h9-11H,1-8H2. The van der Waals surface area contributed by atoms with Crippen molar-refractivity contribution in [3.05, 3.63) is 0 Å². The highest BCUT2D eigenvalue weighted by atomic mass is 32.2. The lowest BCUT2D eigenvalue weighted by atomic mass is 9.80. The highest BCUT2D eigenvalue weighted by Gasteiger charge is 2.51. The van der Waals surface area contributed by atoms with Crippen molar-refractivity contribution in [3.63, 3.8) is 0 Å². The Bertz CT molecular complexity index is 300. The number of hydrogen-bond acceptors (Lipinski definition) is 2. The quantitative estimate of drug-likeness (QED) is 0.768. The van der Waals surface area contributed by atoms with E-state index < -0.39 is 27.5 Å². The van der Waals surface area contributed by atoms with Crippen LogP contribution < -0.4 is 0 Å². The molecule has 0 N–H and O–H groups in total. The molecule has 1 nitrogen and oxygen atoms in total. The predicted molar refractivity (Wildman–Crippen MR) is 70.0 cm³/mol. The molecule has 1 aliphatic heterocycles. The Kier molecular flexibility index (Phi) is 5.03. The van der Waals surface area contributed by atoms with E-state index in [9.17, 15) is 17.4 Å². The molecule has 18 heavy (non-hydrogen) atoms. The molecule has 0 spiro atoms. The summed E-state index contributed by atoms with van der Waals surface area (Å²) in [6.07, 6.45) is 0.705. The first-order valence-electron chi connectivity index (χ1n) is 6.55. The van der Waals surface area contributed by atoms with Gasteiger partial charge in [-0.25, -0.2) is 0 Å². The lowest BCUT2D eigenvalue weighted by Gasteiger charge is -2.37. The SMILES string of the molecule is O=S1CCCSC1C(C1CCCCC1)C(F)(F)F. The highest BCUT2D eigenvalue weighted by molar-refractivity contribution is 8.11. The van der Waals surface area contributed by atoms with Crippen LogP contribution in [0.4, 0.5) is 13.2 Å². The van der Waals surface area contributed by atoms with Crippen LogP contribution in [0.2, 0.25) is 0 Å². The summed E-state index contributed by atoms with van der Waals surface area (Å²) >= 11 is 1.28. The Morgan fingerprint density at radius 3 is 2.33 bits per heavy atom. The van der Waals surface area contributed by atoms with E-state index in [-0.39, 0.29) is 5.92 Å². The normalized spacial score (nSPS) is 33.3. The topological polar surface area (TPSA) is 17.1 Å². The van der Waals surface area contributed by atoms with Crippen molar-refractivity contribution in [2.75, 3.05) is 11.5 Å². The first-order valence-corrected chi connectivity index (χ1v) is 8.99. The number of alkyl halides is 3. The van der Waals surface area contributed by atoms with E-state index in [2.05, 4.69) is 0 Å². The molecule has 2 aliphatic rings. The summed E-state index contributed by atoms with van der Waals surface area (Å²) in [5, 5.41) is 0. The van der Waals surface area contributed by atoms with E-state index in [0.29, 0.717) is 18.6 Å². The zero-order chi connectivity index (χ0) is 13.2. The largest absolute Gasteiger partial charge is 0.394 e. The van der Waals surface area contributed by atoms with Gasteiger partial charge in [0.2, 0.25) is 0 Å². The third-order valence-electron chi connectivity index (χ3n) is 3.86. The van der Waals surface area contributed by atoms with Crippen LogP contribution in [0.5, 0.6) is 0 Å². The van der Waals surface area contributed by atoms with Crippen molar-refractivity contribution in [1.29, 1.82) is 0 Å². The van der Waals surface area contributed by atoms with E-state index in [1.165, 1.54) is 11.8 Å². The fourth-order valence-corrected chi connectivity index (χ4v) is 6.86. The summed E-state index contributed by atoms with van der Waals surface area (Å²) in [6, 6.07) is 0. The third-order valence-corrected chi connectivity index (χ3v) is 7.56. The minimum atomic E-state index is -4.20. The molecule has 1 aliphatic carbocycles. The molecule has 6 heteroatoms. The molecule has 3 atom stereocenters. The molecule has 0 bridgehead atoms. The summed E-state index contributed by atoms with van der Waals surface area (Å²) in [5.41, 5.74) is 0. The summed E-state index contributed by atoms with van der Waals surface area (Å²) in [5.74, 6) is -0.505. The molecule has 1 saturated heterocycles. The Morgan fingerprint density at radius 1 is 1.11 bits per heavy atom. The Hall–Kier alpha value is 0.290. The maximum atomic E-state index is 13.3. The average molecular weight is 300 g/mol. The van der Waals surface area contributed by atoms with Crippen molar-refractivity contribution >= 4 is 22.6 Å². The minimum Gasteiger partial charge on any atom is -0.258 e. The molecule has 1 saturated carbocycles. The second kappa shape index (κ2) is 6.16. The predicted octanol–water partition coefficient (Wildman–Crippen LogP) is 3.96. The Balaban J connectivity index is 2.15. The molecule has 1 heterocycles. The zero-order valence-electron chi connectivity index (χ0n) is 10.2. The van der Waals surface area contributed by atoms with Gasteiger partial charge in [-0.2, -0.15) is 13.2 Å². The third kappa shape index (κ3) is 3.44. The van der Waals surface area contributed by atoms with Crippen molar-refractivity contribution in [1.82, 2.24) is 0 Å². The van der Waals surface area contributed by atoms with Gasteiger partial charge in [0, 0.05) is 16.6 Å². The van der Waals surface area contributed by atoms with Crippen LogP contribution in [0.25, 0.3) is 0 Å². The fourth-order valence-electron chi connectivity index (χ4n) is 3.00. The molecule has 2 fully saturated rings. The molecule has 0 radical (unpaired) electrons. The van der Waals surface area contributed by atoms with Crippen molar-refractivity contribution in [2.45, 2.75) is 49.3 Å². The molecule has 106 valence electrons. The van der Waals surface area contributed by atoms with Gasteiger partial charge < -0.3 is 0 Å².